The topological polar surface area (TPSA) is 61.9 Å². The van der Waals surface area contributed by atoms with E-state index >= 15 is 0 Å². The summed E-state index contributed by atoms with van der Waals surface area (Å²) >= 11 is 1.50. The molecule has 0 radical (unpaired) electrons. The van der Waals surface area contributed by atoms with Crippen molar-refractivity contribution in [1.29, 1.82) is 0 Å². The van der Waals surface area contributed by atoms with Crippen LogP contribution in [-0.4, -0.2) is 55.3 Å². The van der Waals surface area contributed by atoms with Crippen LogP contribution >= 0.6 is 11.8 Å². The normalized spacial score (nSPS) is 16.6. The van der Waals surface area contributed by atoms with E-state index in [2.05, 4.69) is 10.2 Å². The van der Waals surface area contributed by atoms with E-state index in [9.17, 15) is 14.0 Å². The lowest BCUT2D eigenvalue weighted by Gasteiger charge is -2.36. The number of rotatable bonds is 5. The first kappa shape index (κ1) is 22.2. The molecule has 6 nitrogen and oxygen atoms in total. The van der Waals surface area contributed by atoms with Crippen LogP contribution in [0, 0.1) is 5.82 Å². The molecule has 0 bridgehead atoms. The number of allylic oxidation sites excluding steroid dienone is 1. The van der Waals surface area contributed by atoms with Crippen molar-refractivity contribution in [2.75, 3.05) is 48.8 Å². The van der Waals surface area contributed by atoms with Gasteiger partial charge in [-0.3, -0.25) is 9.59 Å². The van der Waals surface area contributed by atoms with Crippen molar-refractivity contribution in [3.63, 3.8) is 0 Å². The fraction of sp³-hybridized carbons (Fsp3) is 0.333. The van der Waals surface area contributed by atoms with Gasteiger partial charge in [0.2, 0.25) is 5.91 Å². The molecular formula is C24H26FN3O3S. The summed E-state index contributed by atoms with van der Waals surface area (Å²) in [6.07, 6.45) is 0.318. The lowest BCUT2D eigenvalue weighted by Crippen LogP contribution is -2.49. The number of ether oxygens (including phenoxy) is 1. The van der Waals surface area contributed by atoms with Crippen LogP contribution in [0.3, 0.4) is 0 Å². The molecule has 2 aromatic carbocycles. The van der Waals surface area contributed by atoms with Crippen LogP contribution in [0.1, 0.15) is 12.5 Å². The highest BCUT2D eigenvalue weighted by molar-refractivity contribution is 8.04. The molecule has 1 N–H and O–H groups in total. The first-order valence-electron chi connectivity index (χ1n) is 10.6. The zero-order valence-electron chi connectivity index (χ0n) is 18.0. The van der Waals surface area contributed by atoms with Crippen molar-refractivity contribution < 1.29 is 18.7 Å². The SMILES string of the molecule is CC1=C(C(=O)Nc2ccc(CC(=O)N3CCN(c4ccc(F)cc4)CC3)cc2)SCCO1. The Morgan fingerprint density at radius 2 is 1.72 bits per heavy atom. The van der Waals surface area contributed by atoms with Crippen molar-refractivity contribution in [3.05, 3.63) is 70.6 Å². The number of halogens is 1. The summed E-state index contributed by atoms with van der Waals surface area (Å²) in [4.78, 5) is 29.8. The van der Waals surface area contributed by atoms with Gasteiger partial charge in [-0.1, -0.05) is 12.1 Å². The number of amides is 2. The van der Waals surface area contributed by atoms with Gasteiger partial charge >= 0.3 is 0 Å². The molecule has 2 heterocycles. The predicted molar refractivity (Wildman–Crippen MR) is 125 cm³/mol. The van der Waals surface area contributed by atoms with E-state index in [4.69, 9.17) is 4.74 Å². The Bertz CT molecular complexity index is 1000. The minimum atomic E-state index is -0.248. The first-order valence-corrected chi connectivity index (χ1v) is 11.6. The Morgan fingerprint density at radius 3 is 2.38 bits per heavy atom. The molecule has 168 valence electrons. The molecule has 2 aliphatic rings. The molecule has 8 heteroatoms. The fourth-order valence-electron chi connectivity index (χ4n) is 3.78. The van der Waals surface area contributed by atoms with Gasteiger partial charge in [0.1, 0.15) is 16.5 Å². The maximum Gasteiger partial charge on any atom is 0.265 e. The van der Waals surface area contributed by atoms with Crippen LogP contribution < -0.4 is 10.2 Å². The van der Waals surface area contributed by atoms with Crippen LogP contribution in [0.15, 0.2) is 59.2 Å². The zero-order chi connectivity index (χ0) is 22.5. The highest BCUT2D eigenvalue weighted by atomic mass is 32.2. The predicted octanol–water partition coefficient (Wildman–Crippen LogP) is 3.65. The third kappa shape index (κ3) is 5.43. The number of carbonyl (C=O) groups excluding carboxylic acids is 2. The first-order chi connectivity index (χ1) is 15.5. The Labute approximate surface area is 191 Å². The van der Waals surface area contributed by atoms with Gasteiger partial charge in [0.05, 0.1) is 13.0 Å². The van der Waals surface area contributed by atoms with E-state index in [0.717, 1.165) is 30.1 Å². The number of benzene rings is 2. The average molecular weight is 456 g/mol. The van der Waals surface area contributed by atoms with Crippen molar-refractivity contribution in [3.8, 4) is 0 Å². The number of hydrogen-bond donors (Lipinski definition) is 1. The molecule has 0 aromatic heterocycles. The van der Waals surface area contributed by atoms with Gasteiger partial charge in [0.25, 0.3) is 5.91 Å². The zero-order valence-corrected chi connectivity index (χ0v) is 18.8. The van der Waals surface area contributed by atoms with Crippen LogP contribution in [0.2, 0.25) is 0 Å². The summed E-state index contributed by atoms with van der Waals surface area (Å²) in [7, 11) is 0. The Kier molecular flexibility index (Phi) is 6.99. The molecule has 1 saturated heterocycles. The molecule has 1 fully saturated rings. The summed E-state index contributed by atoms with van der Waals surface area (Å²) < 4.78 is 18.6. The largest absolute Gasteiger partial charge is 0.496 e. The van der Waals surface area contributed by atoms with Crippen molar-refractivity contribution >= 4 is 35.0 Å². The molecular weight excluding hydrogens is 429 g/mol. The summed E-state index contributed by atoms with van der Waals surface area (Å²) in [6, 6.07) is 13.8. The minimum Gasteiger partial charge on any atom is -0.496 e. The van der Waals surface area contributed by atoms with Crippen LogP contribution in [0.4, 0.5) is 15.8 Å². The summed E-state index contributed by atoms with van der Waals surface area (Å²) in [5.74, 6) is 1.08. The standard InChI is InChI=1S/C24H26FN3O3S/c1-17-23(32-15-14-31-17)24(30)26-20-6-2-18(3-7-20)16-22(29)28-12-10-27(11-13-28)21-8-4-19(25)5-9-21/h2-9H,10-16H2,1H3,(H,26,30). The van der Waals surface area contributed by atoms with Gasteiger partial charge in [-0.15, -0.1) is 11.8 Å². The van der Waals surface area contributed by atoms with Gasteiger partial charge < -0.3 is 19.9 Å². The molecule has 0 aliphatic carbocycles. The number of carbonyl (C=O) groups is 2. The highest BCUT2D eigenvalue weighted by Gasteiger charge is 2.22. The molecule has 2 aromatic rings. The van der Waals surface area contributed by atoms with Gasteiger partial charge in [-0.2, -0.15) is 0 Å². The quantitative estimate of drug-likeness (QED) is 0.746. The van der Waals surface area contributed by atoms with Gasteiger partial charge in [-0.25, -0.2) is 4.39 Å². The maximum atomic E-state index is 13.1. The fourth-order valence-corrected chi connectivity index (χ4v) is 4.59. The third-order valence-electron chi connectivity index (χ3n) is 5.57. The van der Waals surface area contributed by atoms with Crippen molar-refractivity contribution in [2.24, 2.45) is 0 Å². The summed E-state index contributed by atoms with van der Waals surface area (Å²) in [5.41, 5.74) is 2.56. The molecule has 2 aliphatic heterocycles. The molecule has 0 unspecified atom stereocenters. The van der Waals surface area contributed by atoms with Crippen LogP contribution in [0.5, 0.6) is 0 Å². The van der Waals surface area contributed by atoms with Crippen LogP contribution in [0.25, 0.3) is 0 Å². The molecule has 0 atom stereocenters. The van der Waals surface area contributed by atoms with E-state index in [0.29, 0.717) is 42.5 Å². The number of piperazine rings is 1. The van der Waals surface area contributed by atoms with Crippen molar-refractivity contribution in [1.82, 2.24) is 4.90 Å². The van der Waals surface area contributed by atoms with Crippen LogP contribution in [-0.2, 0) is 20.7 Å². The maximum absolute atomic E-state index is 13.1. The summed E-state index contributed by atoms with van der Waals surface area (Å²) in [5, 5.41) is 2.89. The smallest absolute Gasteiger partial charge is 0.265 e. The summed E-state index contributed by atoms with van der Waals surface area (Å²) in [6.45, 7) is 5.14. The third-order valence-corrected chi connectivity index (χ3v) is 6.70. The van der Waals surface area contributed by atoms with Gasteiger partial charge in [0.15, 0.2) is 0 Å². The van der Waals surface area contributed by atoms with E-state index < -0.39 is 0 Å². The van der Waals surface area contributed by atoms with E-state index in [1.807, 2.05) is 29.2 Å². The number of nitrogens with one attached hydrogen (secondary N) is 1. The second-order valence-electron chi connectivity index (χ2n) is 7.75. The number of anilines is 2. The number of nitrogens with zero attached hydrogens (tertiary/aromatic N) is 2. The molecule has 0 spiro atoms. The molecule has 0 saturated carbocycles. The Morgan fingerprint density at radius 1 is 1.03 bits per heavy atom. The second kappa shape index (κ2) is 10.1. The molecule has 32 heavy (non-hydrogen) atoms. The Hall–Kier alpha value is -3.00. The number of thioether (sulfide) groups is 1. The minimum absolute atomic E-state index is 0.0806. The average Bonchev–Trinajstić information content (AvgIpc) is 2.81. The lowest BCUT2D eigenvalue weighted by molar-refractivity contribution is -0.130. The van der Waals surface area contributed by atoms with E-state index in [1.165, 1.54) is 23.9 Å². The molecule has 2 amide bonds. The lowest BCUT2D eigenvalue weighted by atomic mass is 10.1. The van der Waals surface area contributed by atoms with Gasteiger partial charge in [-0.05, 0) is 48.9 Å². The monoisotopic (exact) mass is 455 g/mol. The van der Waals surface area contributed by atoms with Gasteiger partial charge in [0, 0.05) is 43.3 Å². The number of hydrogen-bond acceptors (Lipinski definition) is 5. The second-order valence-corrected chi connectivity index (χ2v) is 8.86. The Balaban J connectivity index is 1.28. The molecule has 4 rings (SSSR count). The van der Waals surface area contributed by atoms with Crippen molar-refractivity contribution in [2.45, 2.75) is 13.3 Å². The highest BCUT2D eigenvalue weighted by Crippen LogP contribution is 2.26. The van der Waals surface area contributed by atoms with E-state index in [1.54, 1.807) is 19.1 Å². The van der Waals surface area contributed by atoms with E-state index in [-0.39, 0.29) is 17.6 Å².